The van der Waals surface area contributed by atoms with E-state index in [4.69, 9.17) is 9.72 Å². The van der Waals surface area contributed by atoms with E-state index in [9.17, 15) is 4.79 Å². The number of pyridine rings is 1. The summed E-state index contributed by atoms with van der Waals surface area (Å²) in [6.07, 6.45) is 5.10. The molecule has 0 saturated heterocycles. The number of nitrogens with one attached hydrogen (secondary N) is 1. The summed E-state index contributed by atoms with van der Waals surface area (Å²) in [4.78, 5) is 21.1. The average Bonchev–Trinajstić information content (AvgIpc) is 3.15. The van der Waals surface area contributed by atoms with Crippen LogP contribution in [0.25, 0.3) is 11.0 Å². The summed E-state index contributed by atoms with van der Waals surface area (Å²) in [6.45, 7) is 3.91. The van der Waals surface area contributed by atoms with Crippen molar-refractivity contribution in [2.45, 2.75) is 32.9 Å². The summed E-state index contributed by atoms with van der Waals surface area (Å²) >= 11 is 0. The van der Waals surface area contributed by atoms with E-state index in [0.717, 1.165) is 42.0 Å². The minimum absolute atomic E-state index is 0.154. The summed E-state index contributed by atoms with van der Waals surface area (Å²) in [7, 11) is 0. The molecule has 6 heteroatoms. The van der Waals surface area contributed by atoms with E-state index in [1.165, 1.54) is 5.56 Å². The lowest BCUT2D eigenvalue weighted by atomic mass is 10.2. The second-order valence-corrected chi connectivity index (χ2v) is 7.46. The monoisotopic (exact) mass is 414 g/mol. The first-order valence-corrected chi connectivity index (χ1v) is 10.5. The molecule has 0 radical (unpaired) electrons. The molecule has 2 heterocycles. The van der Waals surface area contributed by atoms with Gasteiger partial charge in [-0.2, -0.15) is 0 Å². The Hall–Kier alpha value is -3.67. The van der Waals surface area contributed by atoms with Crippen molar-refractivity contribution in [2.75, 3.05) is 6.61 Å². The zero-order chi connectivity index (χ0) is 21.5. The normalized spacial score (nSPS) is 10.9. The van der Waals surface area contributed by atoms with Crippen LogP contribution in [0.3, 0.4) is 0 Å². The molecule has 0 bridgehead atoms. The fraction of sp³-hybridized carbons (Fsp3) is 0.240. The van der Waals surface area contributed by atoms with Crippen LogP contribution in [0.15, 0.2) is 73.1 Å². The molecule has 0 unspecified atom stereocenters. The number of aryl methyl sites for hydroxylation is 2. The van der Waals surface area contributed by atoms with Crippen LogP contribution in [0, 0.1) is 6.92 Å². The highest BCUT2D eigenvalue weighted by Crippen LogP contribution is 2.18. The van der Waals surface area contributed by atoms with Crippen molar-refractivity contribution < 1.29 is 9.53 Å². The standard InChI is InChI=1S/C25H26N4O2/c1-19-8-6-10-21(16-19)31-15-5-4-14-29-23-12-3-2-11-22(23)28-24(29)18-27-25(30)20-9-7-13-26-17-20/h2-3,6-13,16-17H,4-5,14-15,18H2,1H3,(H,27,30). The zero-order valence-electron chi connectivity index (χ0n) is 17.6. The Kier molecular flexibility index (Phi) is 6.57. The molecule has 31 heavy (non-hydrogen) atoms. The molecular formula is C25H26N4O2. The Balaban J connectivity index is 1.37. The summed E-state index contributed by atoms with van der Waals surface area (Å²) in [5.74, 6) is 1.60. The molecular weight excluding hydrogens is 388 g/mol. The molecule has 0 atom stereocenters. The number of carbonyl (C=O) groups excluding carboxylic acids is 1. The fourth-order valence-electron chi connectivity index (χ4n) is 3.54. The molecule has 4 rings (SSSR count). The van der Waals surface area contributed by atoms with E-state index < -0.39 is 0 Å². The molecule has 0 spiro atoms. The van der Waals surface area contributed by atoms with Gasteiger partial charge >= 0.3 is 0 Å². The van der Waals surface area contributed by atoms with Gasteiger partial charge in [-0.25, -0.2) is 4.98 Å². The van der Waals surface area contributed by atoms with Crippen LogP contribution in [0.4, 0.5) is 0 Å². The number of aromatic nitrogens is 3. The van der Waals surface area contributed by atoms with Crippen molar-refractivity contribution >= 4 is 16.9 Å². The first-order chi connectivity index (χ1) is 15.2. The predicted octanol–water partition coefficient (Wildman–Crippen LogP) is 4.53. The molecule has 2 aromatic carbocycles. The first kappa shape index (κ1) is 20.6. The van der Waals surface area contributed by atoms with Gasteiger partial charge in [0.15, 0.2) is 0 Å². The molecule has 0 aliphatic heterocycles. The third-order valence-electron chi connectivity index (χ3n) is 5.10. The first-order valence-electron chi connectivity index (χ1n) is 10.5. The summed E-state index contributed by atoms with van der Waals surface area (Å²) in [6, 6.07) is 19.7. The topological polar surface area (TPSA) is 69.0 Å². The van der Waals surface area contributed by atoms with Crippen LogP contribution < -0.4 is 10.1 Å². The number of rotatable bonds is 9. The van der Waals surface area contributed by atoms with Gasteiger partial charge in [0.1, 0.15) is 11.6 Å². The number of benzene rings is 2. The quantitative estimate of drug-likeness (QED) is 0.409. The molecule has 0 saturated carbocycles. The van der Waals surface area contributed by atoms with Crippen LogP contribution >= 0.6 is 0 Å². The third kappa shape index (κ3) is 5.28. The minimum Gasteiger partial charge on any atom is -0.494 e. The fourth-order valence-corrected chi connectivity index (χ4v) is 3.54. The molecule has 6 nitrogen and oxygen atoms in total. The number of hydrogen-bond acceptors (Lipinski definition) is 4. The summed E-state index contributed by atoms with van der Waals surface area (Å²) < 4.78 is 8.05. The number of imidazole rings is 1. The second kappa shape index (κ2) is 9.89. The molecule has 4 aromatic rings. The van der Waals surface area contributed by atoms with E-state index in [-0.39, 0.29) is 5.91 Å². The van der Waals surface area contributed by atoms with Crippen LogP contribution in [-0.2, 0) is 13.1 Å². The minimum atomic E-state index is -0.154. The predicted molar refractivity (Wildman–Crippen MR) is 121 cm³/mol. The highest BCUT2D eigenvalue weighted by molar-refractivity contribution is 5.93. The van der Waals surface area contributed by atoms with E-state index in [1.807, 2.05) is 36.4 Å². The smallest absolute Gasteiger partial charge is 0.253 e. The van der Waals surface area contributed by atoms with Crippen LogP contribution in [-0.4, -0.2) is 27.0 Å². The van der Waals surface area contributed by atoms with Gasteiger partial charge in [-0.15, -0.1) is 0 Å². The maximum absolute atomic E-state index is 12.4. The van der Waals surface area contributed by atoms with Crippen molar-refractivity contribution in [3.8, 4) is 5.75 Å². The van der Waals surface area contributed by atoms with Crippen LogP contribution in [0.1, 0.15) is 34.6 Å². The number of unbranched alkanes of at least 4 members (excludes halogenated alkanes) is 1. The number of fused-ring (bicyclic) bond motifs is 1. The number of nitrogens with zero attached hydrogens (tertiary/aromatic N) is 3. The lowest BCUT2D eigenvalue weighted by molar-refractivity contribution is 0.0949. The van der Waals surface area contributed by atoms with E-state index in [1.54, 1.807) is 24.5 Å². The SMILES string of the molecule is Cc1cccc(OCCCCn2c(CNC(=O)c3cccnc3)nc3ccccc32)c1. The third-order valence-corrected chi connectivity index (χ3v) is 5.10. The zero-order valence-corrected chi connectivity index (χ0v) is 17.6. The highest BCUT2D eigenvalue weighted by Gasteiger charge is 2.12. The Labute approximate surface area is 181 Å². The highest BCUT2D eigenvalue weighted by atomic mass is 16.5. The number of ether oxygens (including phenoxy) is 1. The largest absolute Gasteiger partial charge is 0.494 e. The van der Waals surface area contributed by atoms with Crippen molar-refractivity contribution in [1.29, 1.82) is 0 Å². The lowest BCUT2D eigenvalue weighted by Gasteiger charge is -2.11. The molecule has 0 fully saturated rings. The molecule has 1 N–H and O–H groups in total. The van der Waals surface area contributed by atoms with Gasteiger partial charge in [-0.1, -0.05) is 24.3 Å². The Morgan fingerprint density at radius 1 is 1.06 bits per heavy atom. The van der Waals surface area contributed by atoms with Gasteiger partial charge < -0.3 is 14.6 Å². The number of carbonyl (C=O) groups is 1. The van der Waals surface area contributed by atoms with Gasteiger partial charge in [-0.3, -0.25) is 9.78 Å². The van der Waals surface area contributed by atoms with Gasteiger partial charge in [0.25, 0.3) is 5.91 Å². The van der Waals surface area contributed by atoms with E-state index in [0.29, 0.717) is 18.7 Å². The van der Waals surface area contributed by atoms with Crippen LogP contribution in [0.5, 0.6) is 5.75 Å². The van der Waals surface area contributed by atoms with Gasteiger partial charge in [-0.05, 0) is 61.7 Å². The number of hydrogen-bond donors (Lipinski definition) is 1. The number of para-hydroxylation sites is 2. The molecule has 1 amide bonds. The van der Waals surface area contributed by atoms with Crippen molar-refractivity contribution in [2.24, 2.45) is 0 Å². The van der Waals surface area contributed by atoms with Crippen molar-refractivity contribution in [3.05, 3.63) is 90.0 Å². The van der Waals surface area contributed by atoms with Crippen molar-refractivity contribution in [3.63, 3.8) is 0 Å². The lowest BCUT2D eigenvalue weighted by Crippen LogP contribution is -2.25. The van der Waals surface area contributed by atoms with Gasteiger partial charge in [0.05, 0.1) is 29.7 Å². The Bertz CT molecular complexity index is 1150. The molecule has 0 aliphatic carbocycles. The molecule has 2 aromatic heterocycles. The Morgan fingerprint density at radius 3 is 2.81 bits per heavy atom. The maximum atomic E-state index is 12.4. The molecule has 0 aliphatic rings. The summed E-state index contributed by atoms with van der Waals surface area (Å²) in [5.41, 5.74) is 3.75. The van der Waals surface area contributed by atoms with Crippen molar-refractivity contribution in [1.82, 2.24) is 19.9 Å². The van der Waals surface area contributed by atoms with Crippen LogP contribution in [0.2, 0.25) is 0 Å². The maximum Gasteiger partial charge on any atom is 0.253 e. The molecule has 158 valence electrons. The van der Waals surface area contributed by atoms with Gasteiger partial charge in [0.2, 0.25) is 0 Å². The van der Waals surface area contributed by atoms with Gasteiger partial charge in [0, 0.05) is 18.9 Å². The summed E-state index contributed by atoms with van der Waals surface area (Å²) in [5, 5.41) is 2.96. The Morgan fingerprint density at radius 2 is 1.97 bits per heavy atom. The van der Waals surface area contributed by atoms with E-state index in [2.05, 4.69) is 33.9 Å². The second-order valence-electron chi connectivity index (χ2n) is 7.46. The average molecular weight is 415 g/mol. The van der Waals surface area contributed by atoms with E-state index >= 15 is 0 Å². The number of amides is 1.